The number of halogens is 2. The van der Waals surface area contributed by atoms with Gasteiger partial charge in [0, 0.05) is 16.7 Å². The lowest BCUT2D eigenvalue weighted by molar-refractivity contribution is 0.269. The average Bonchev–Trinajstić information content (AvgIpc) is 2.68. The SMILES string of the molecule is CCOc1cc(CNc2ccc(Br)cc2)cc(Cl)c1OCc1ccccc1. The van der Waals surface area contributed by atoms with Crippen molar-refractivity contribution in [2.24, 2.45) is 0 Å². The molecule has 140 valence electrons. The molecule has 0 spiro atoms. The zero-order valence-corrected chi connectivity index (χ0v) is 17.4. The maximum atomic E-state index is 6.50. The fourth-order valence-corrected chi connectivity index (χ4v) is 3.18. The molecule has 0 aliphatic heterocycles. The molecule has 0 radical (unpaired) electrons. The van der Waals surface area contributed by atoms with Gasteiger partial charge >= 0.3 is 0 Å². The van der Waals surface area contributed by atoms with E-state index in [9.17, 15) is 0 Å². The van der Waals surface area contributed by atoms with Crippen LogP contribution in [-0.4, -0.2) is 6.61 Å². The Bertz CT molecular complexity index is 869. The smallest absolute Gasteiger partial charge is 0.180 e. The Labute approximate surface area is 173 Å². The maximum absolute atomic E-state index is 6.50. The summed E-state index contributed by atoms with van der Waals surface area (Å²) in [5.74, 6) is 1.24. The molecule has 0 atom stereocenters. The van der Waals surface area contributed by atoms with E-state index in [0.29, 0.717) is 36.3 Å². The van der Waals surface area contributed by atoms with Crippen molar-refractivity contribution in [3.05, 3.63) is 87.4 Å². The summed E-state index contributed by atoms with van der Waals surface area (Å²) in [4.78, 5) is 0. The van der Waals surface area contributed by atoms with Gasteiger partial charge in [-0.25, -0.2) is 0 Å². The predicted molar refractivity (Wildman–Crippen MR) is 115 cm³/mol. The van der Waals surface area contributed by atoms with Crippen LogP contribution in [0.2, 0.25) is 5.02 Å². The van der Waals surface area contributed by atoms with Crippen LogP contribution >= 0.6 is 27.5 Å². The van der Waals surface area contributed by atoms with Crippen molar-refractivity contribution in [3.8, 4) is 11.5 Å². The number of anilines is 1. The Morgan fingerprint density at radius 2 is 1.67 bits per heavy atom. The van der Waals surface area contributed by atoms with Crippen molar-refractivity contribution in [2.75, 3.05) is 11.9 Å². The molecule has 0 saturated carbocycles. The lowest BCUT2D eigenvalue weighted by atomic mass is 10.2. The highest BCUT2D eigenvalue weighted by molar-refractivity contribution is 9.10. The highest BCUT2D eigenvalue weighted by Gasteiger charge is 2.13. The number of hydrogen-bond acceptors (Lipinski definition) is 3. The van der Waals surface area contributed by atoms with Gasteiger partial charge in [-0.1, -0.05) is 57.9 Å². The fraction of sp³-hybridized carbons (Fsp3) is 0.182. The summed E-state index contributed by atoms with van der Waals surface area (Å²) in [6.07, 6.45) is 0. The molecular weight excluding hydrogens is 426 g/mol. The topological polar surface area (TPSA) is 30.5 Å². The molecule has 3 nitrogen and oxygen atoms in total. The summed E-state index contributed by atoms with van der Waals surface area (Å²) >= 11 is 9.94. The fourth-order valence-electron chi connectivity index (χ4n) is 2.63. The second-order valence-electron chi connectivity index (χ2n) is 5.97. The normalized spacial score (nSPS) is 10.5. The van der Waals surface area contributed by atoms with Gasteiger partial charge in [0.2, 0.25) is 0 Å². The zero-order chi connectivity index (χ0) is 19.1. The van der Waals surface area contributed by atoms with Crippen molar-refractivity contribution >= 4 is 33.2 Å². The second kappa shape index (κ2) is 9.67. The molecule has 3 rings (SSSR count). The van der Waals surface area contributed by atoms with E-state index in [1.807, 2.05) is 73.7 Å². The lowest BCUT2D eigenvalue weighted by Crippen LogP contribution is -2.04. The van der Waals surface area contributed by atoms with E-state index >= 15 is 0 Å². The average molecular weight is 447 g/mol. The van der Waals surface area contributed by atoms with E-state index in [-0.39, 0.29) is 0 Å². The van der Waals surface area contributed by atoms with E-state index in [1.165, 1.54) is 0 Å². The van der Waals surface area contributed by atoms with Crippen LogP contribution in [0, 0.1) is 0 Å². The lowest BCUT2D eigenvalue weighted by Gasteiger charge is -2.16. The van der Waals surface area contributed by atoms with E-state index in [1.54, 1.807) is 0 Å². The Hall–Kier alpha value is -2.17. The third-order valence-corrected chi connectivity index (χ3v) is 4.75. The highest BCUT2D eigenvalue weighted by Crippen LogP contribution is 2.37. The van der Waals surface area contributed by atoms with Crippen LogP contribution in [0.4, 0.5) is 5.69 Å². The summed E-state index contributed by atoms with van der Waals surface area (Å²) in [7, 11) is 0. The summed E-state index contributed by atoms with van der Waals surface area (Å²) < 4.78 is 12.8. The minimum Gasteiger partial charge on any atom is -0.490 e. The van der Waals surface area contributed by atoms with E-state index in [0.717, 1.165) is 21.3 Å². The van der Waals surface area contributed by atoms with Crippen molar-refractivity contribution in [3.63, 3.8) is 0 Å². The summed E-state index contributed by atoms with van der Waals surface area (Å²) in [5.41, 5.74) is 3.15. The first-order valence-electron chi connectivity index (χ1n) is 8.77. The van der Waals surface area contributed by atoms with E-state index in [4.69, 9.17) is 21.1 Å². The third kappa shape index (κ3) is 5.65. The van der Waals surface area contributed by atoms with E-state index in [2.05, 4.69) is 21.2 Å². The molecule has 5 heteroatoms. The molecule has 0 aliphatic carbocycles. The standard InChI is InChI=1S/C22H21BrClNO2/c1-2-26-21-13-17(14-25-19-10-8-18(23)9-11-19)12-20(24)22(21)27-15-16-6-4-3-5-7-16/h3-13,25H,2,14-15H2,1H3. The largest absolute Gasteiger partial charge is 0.490 e. The molecule has 27 heavy (non-hydrogen) atoms. The van der Waals surface area contributed by atoms with Crippen LogP contribution in [0.3, 0.4) is 0 Å². The zero-order valence-electron chi connectivity index (χ0n) is 15.0. The quantitative estimate of drug-likeness (QED) is 0.418. The predicted octanol–water partition coefficient (Wildman–Crippen LogP) is 6.69. The molecule has 1 N–H and O–H groups in total. The number of ether oxygens (including phenoxy) is 2. The van der Waals surface area contributed by atoms with Crippen molar-refractivity contribution in [2.45, 2.75) is 20.1 Å². The number of nitrogens with one attached hydrogen (secondary N) is 1. The number of hydrogen-bond donors (Lipinski definition) is 1. The molecule has 0 bridgehead atoms. The van der Waals surface area contributed by atoms with Gasteiger partial charge in [-0.05, 0) is 54.4 Å². The van der Waals surface area contributed by atoms with Gasteiger partial charge in [-0.3, -0.25) is 0 Å². The second-order valence-corrected chi connectivity index (χ2v) is 7.30. The molecule has 0 aromatic heterocycles. The Morgan fingerprint density at radius 1 is 0.926 bits per heavy atom. The van der Waals surface area contributed by atoms with Crippen LogP contribution in [0.25, 0.3) is 0 Å². The molecule has 0 fully saturated rings. The van der Waals surface area contributed by atoms with Gasteiger partial charge in [-0.15, -0.1) is 0 Å². The third-order valence-electron chi connectivity index (χ3n) is 3.94. The van der Waals surface area contributed by atoms with Gasteiger partial charge in [0.1, 0.15) is 6.61 Å². The van der Waals surface area contributed by atoms with Crippen LogP contribution < -0.4 is 14.8 Å². The molecule has 0 heterocycles. The summed E-state index contributed by atoms with van der Waals surface area (Å²) in [5, 5.41) is 3.93. The summed E-state index contributed by atoms with van der Waals surface area (Å²) in [6.45, 7) is 3.57. The maximum Gasteiger partial charge on any atom is 0.180 e. The van der Waals surface area contributed by atoms with Gasteiger partial charge in [0.05, 0.1) is 11.6 Å². The molecule has 0 aliphatic rings. The monoisotopic (exact) mass is 445 g/mol. The van der Waals surface area contributed by atoms with Gasteiger partial charge in [0.25, 0.3) is 0 Å². The first-order chi connectivity index (χ1) is 13.2. The number of rotatable bonds is 8. The van der Waals surface area contributed by atoms with Gasteiger partial charge in [0.15, 0.2) is 11.5 Å². The Morgan fingerprint density at radius 3 is 2.37 bits per heavy atom. The van der Waals surface area contributed by atoms with Crippen molar-refractivity contribution in [1.29, 1.82) is 0 Å². The first kappa shape index (κ1) is 19.6. The van der Waals surface area contributed by atoms with Crippen LogP contribution in [-0.2, 0) is 13.2 Å². The molecular formula is C22H21BrClNO2. The molecule has 3 aromatic rings. The van der Waals surface area contributed by atoms with Crippen LogP contribution in [0.15, 0.2) is 71.2 Å². The summed E-state index contributed by atoms with van der Waals surface area (Å²) in [6, 6.07) is 21.9. The molecule has 0 unspecified atom stereocenters. The van der Waals surface area contributed by atoms with Crippen molar-refractivity contribution in [1.82, 2.24) is 0 Å². The number of benzene rings is 3. The Kier molecular flexibility index (Phi) is 7.02. The Balaban J connectivity index is 1.73. The van der Waals surface area contributed by atoms with Gasteiger partial charge in [-0.2, -0.15) is 0 Å². The minimum absolute atomic E-state index is 0.442. The van der Waals surface area contributed by atoms with E-state index < -0.39 is 0 Å². The highest BCUT2D eigenvalue weighted by atomic mass is 79.9. The molecule has 0 amide bonds. The minimum atomic E-state index is 0.442. The van der Waals surface area contributed by atoms with Gasteiger partial charge < -0.3 is 14.8 Å². The first-order valence-corrected chi connectivity index (χ1v) is 9.94. The van der Waals surface area contributed by atoms with Crippen LogP contribution in [0.1, 0.15) is 18.1 Å². The van der Waals surface area contributed by atoms with Crippen LogP contribution in [0.5, 0.6) is 11.5 Å². The van der Waals surface area contributed by atoms with Crippen molar-refractivity contribution < 1.29 is 9.47 Å². The molecule has 0 saturated heterocycles. The molecule has 3 aromatic carbocycles.